The molecule has 224 valence electrons. The second kappa shape index (κ2) is 9.92. The van der Waals surface area contributed by atoms with E-state index in [4.69, 9.17) is 8.83 Å². The van der Waals surface area contributed by atoms with Gasteiger partial charge in [-0.2, -0.15) is 0 Å². The lowest BCUT2D eigenvalue weighted by molar-refractivity contribution is -0.116. The largest absolute Gasteiger partial charge is 0.507 e. The van der Waals surface area contributed by atoms with E-state index in [-0.39, 0.29) is 84.8 Å². The molecular weight excluding hydrogens is 576 g/mol. The first kappa shape index (κ1) is 28.4. The quantitative estimate of drug-likeness (QED) is 0.139. The van der Waals surface area contributed by atoms with E-state index in [1.807, 2.05) is 0 Å². The third-order valence-corrected chi connectivity index (χ3v) is 7.37. The second-order valence-corrected chi connectivity index (χ2v) is 10.7. The van der Waals surface area contributed by atoms with Gasteiger partial charge in [0.25, 0.3) is 0 Å². The Kier molecular flexibility index (Phi) is 6.40. The Morgan fingerprint density at radius 2 is 1.07 bits per heavy atom. The number of phenolic OH excluding ortho intramolecular Hbond substituents is 4. The van der Waals surface area contributed by atoms with Crippen molar-refractivity contribution in [1.29, 1.82) is 0 Å². The molecule has 0 aliphatic rings. The summed E-state index contributed by atoms with van der Waals surface area (Å²) in [5.41, 5.74) is -2.81. The number of rotatable bonds is 5. The number of benzene rings is 4. The summed E-state index contributed by atoms with van der Waals surface area (Å²) in [6.45, 7) is 2.80. The fraction of sp³-hybridized carbons (Fsp3) is 0.156. The van der Waals surface area contributed by atoms with Crippen LogP contribution < -0.4 is 10.9 Å². The van der Waals surface area contributed by atoms with Crippen LogP contribution in [-0.2, 0) is 17.6 Å². The van der Waals surface area contributed by atoms with E-state index in [9.17, 15) is 50.1 Å². The molecule has 44 heavy (non-hydrogen) atoms. The van der Waals surface area contributed by atoms with Gasteiger partial charge in [-0.3, -0.25) is 14.4 Å². The van der Waals surface area contributed by atoms with Crippen molar-refractivity contribution in [2.75, 3.05) is 0 Å². The highest BCUT2D eigenvalue weighted by molar-refractivity contribution is 6.18. The Morgan fingerprint density at radius 3 is 1.50 bits per heavy atom. The van der Waals surface area contributed by atoms with E-state index in [1.54, 1.807) is 0 Å². The molecule has 12 nitrogen and oxygen atoms in total. The van der Waals surface area contributed by atoms with E-state index in [0.717, 1.165) is 18.2 Å². The molecule has 6 aromatic rings. The number of hydrogen-bond acceptors (Lipinski definition) is 12. The van der Waals surface area contributed by atoms with Crippen LogP contribution in [0.4, 0.5) is 0 Å². The third kappa shape index (κ3) is 4.31. The highest BCUT2D eigenvalue weighted by Crippen LogP contribution is 2.48. The average molecular weight is 601 g/mol. The Balaban J connectivity index is 1.79. The lowest BCUT2D eigenvalue weighted by Gasteiger charge is -2.16. The number of Topliss-reactive ketones (excluding diaryl/α,β-unsaturated/α-hetero) is 1. The molecular formula is C32H24O12. The van der Waals surface area contributed by atoms with Crippen LogP contribution in [0.25, 0.3) is 54.6 Å². The zero-order valence-electron chi connectivity index (χ0n) is 23.1. The molecule has 6 rings (SSSR count). The average Bonchev–Trinajstić information content (AvgIpc) is 2.88. The van der Waals surface area contributed by atoms with Gasteiger partial charge in [-0.15, -0.1) is 0 Å². The second-order valence-electron chi connectivity index (χ2n) is 10.7. The Morgan fingerprint density at radius 1 is 0.659 bits per heavy atom. The van der Waals surface area contributed by atoms with Crippen molar-refractivity contribution in [3.05, 3.63) is 68.4 Å². The van der Waals surface area contributed by atoms with Crippen LogP contribution in [0.1, 0.15) is 25.4 Å². The highest BCUT2D eigenvalue weighted by Gasteiger charge is 2.26. The number of aliphatic hydroxyl groups is 1. The molecule has 0 aliphatic carbocycles. The smallest absolute Gasteiger partial charge is 0.190 e. The molecule has 0 amide bonds. The maximum Gasteiger partial charge on any atom is 0.190 e. The predicted molar refractivity (Wildman–Crippen MR) is 159 cm³/mol. The third-order valence-electron chi connectivity index (χ3n) is 7.37. The molecule has 7 N–H and O–H groups in total. The molecule has 2 aromatic heterocycles. The van der Waals surface area contributed by atoms with Gasteiger partial charge in [0.1, 0.15) is 73.7 Å². The van der Waals surface area contributed by atoms with E-state index >= 15 is 0 Å². The summed E-state index contributed by atoms with van der Waals surface area (Å²) >= 11 is 0. The Hall–Kier alpha value is -5.75. The number of ketones is 1. The van der Waals surface area contributed by atoms with E-state index in [2.05, 4.69) is 0 Å². The molecule has 0 saturated carbocycles. The number of aliphatic hydroxyl groups excluding tert-OH is 1. The maximum absolute atomic E-state index is 13.5. The van der Waals surface area contributed by atoms with Gasteiger partial charge in [0.05, 0.1) is 23.3 Å². The molecule has 0 radical (unpaired) electrons. The van der Waals surface area contributed by atoms with Gasteiger partial charge in [0.15, 0.2) is 10.9 Å². The molecule has 0 aliphatic heterocycles. The number of fused-ring (bicyclic) bond motifs is 4. The van der Waals surface area contributed by atoms with Gasteiger partial charge in [0.2, 0.25) is 0 Å². The summed E-state index contributed by atoms with van der Waals surface area (Å²) in [6.07, 6.45) is -1.06. The van der Waals surface area contributed by atoms with Gasteiger partial charge < -0.3 is 44.6 Å². The van der Waals surface area contributed by atoms with Crippen molar-refractivity contribution >= 4 is 49.3 Å². The number of phenols is 4. The summed E-state index contributed by atoms with van der Waals surface area (Å²) in [4.78, 5) is 38.7. The summed E-state index contributed by atoms with van der Waals surface area (Å²) in [7, 11) is 0. The zero-order valence-corrected chi connectivity index (χ0v) is 23.1. The van der Waals surface area contributed by atoms with Crippen LogP contribution in [0, 0.1) is 0 Å². The molecule has 0 bridgehead atoms. The van der Waals surface area contributed by atoms with Gasteiger partial charge in [-0.1, -0.05) is 0 Å². The van der Waals surface area contributed by atoms with Gasteiger partial charge >= 0.3 is 0 Å². The molecule has 12 heteroatoms. The highest BCUT2D eigenvalue weighted by atomic mass is 16.3. The molecule has 2 heterocycles. The monoisotopic (exact) mass is 600 g/mol. The van der Waals surface area contributed by atoms with Crippen LogP contribution in [0.2, 0.25) is 0 Å². The topological polar surface area (TPSA) is 219 Å². The number of aromatic hydroxyl groups is 6. The fourth-order valence-electron chi connectivity index (χ4n) is 5.69. The summed E-state index contributed by atoms with van der Waals surface area (Å²) in [5.74, 6) is -3.72. The Labute approximate surface area is 245 Å². The number of hydrogen-bond donors (Lipinski definition) is 7. The summed E-state index contributed by atoms with van der Waals surface area (Å²) in [6, 6.07) is 6.29. The van der Waals surface area contributed by atoms with Gasteiger partial charge in [0, 0.05) is 52.6 Å². The molecule has 1 atom stereocenters. The predicted octanol–water partition coefficient (Wildman–Crippen LogP) is 4.16. The first-order chi connectivity index (χ1) is 20.8. The van der Waals surface area contributed by atoms with Gasteiger partial charge in [-0.05, 0) is 26.0 Å². The van der Waals surface area contributed by atoms with Crippen molar-refractivity contribution in [3.63, 3.8) is 0 Å². The molecule has 4 aromatic carbocycles. The van der Waals surface area contributed by atoms with Crippen molar-refractivity contribution in [2.45, 2.75) is 32.8 Å². The first-order valence-electron chi connectivity index (χ1n) is 13.3. The SMILES string of the molecule is CC(=O)Cc1cc(O)c2c(O)c3c(O)cc(=O)c(-c4c(=O)cc(O)c5c(O)c6c(O)cc(C[C@H](C)O)oc6cc45)c3cc2o1. The van der Waals surface area contributed by atoms with Crippen molar-refractivity contribution in [1.82, 2.24) is 0 Å². The molecule has 0 unspecified atom stereocenters. The van der Waals surface area contributed by atoms with Crippen molar-refractivity contribution in [3.8, 4) is 45.6 Å². The molecule has 0 fully saturated rings. The van der Waals surface area contributed by atoms with E-state index in [1.165, 1.54) is 32.0 Å². The van der Waals surface area contributed by atoms with Crippen LogP contribution in [-0.4, -0.2) is 47.6 Å². The van der Waals surface area contributed by atoms with Crippen LogP contribution in [0.3, 0.4) is 0 Å². The standard InChI is InChI=1S/C32H24O12/c1-11(33)3-13-5-17(35)29-23(43-13)7-15-25(19(37)9-21(39)27(15)31(29)41)26-16-8-24-30(18(36)6-14(44-24)4-12(2)34)32(42)28(16)22(40)10-20(26)38/h5-11,33,35-36,39-42H,3-4H2,1-2H3/t11-/m0/s1. The molecule has 0 spiro atoms. The Bertz CT molecular complexity index is 2340. The number of carbonyl (C=O) groups is 1. The summed E-state index contributed by atoms with van der Waals surface area (Å²) < 4.78 is 11.5. The maximum atomic E-state index is 13.5. The van der Waals surface area contributed by atoms with Crippen LogP contribution in [0.15, 0.2) is 54.8 Å². The molecule has 0 saturated heterocycles. The van der Waals surface area contributed by atoms with Crippen LogP contribution >= 0.6 is 0 Å². The number of carbonyl (C=O) groups excluding carboxylic acids is 1. The van der Waals surface area contributed by atoms with Crippen molar-refractivity contribution in [2.24, 2.45) is 0 Å². The lowest BCUT2D eigenvalue weighted by Crippen LogP contribution is -2.12. The lowest BCUT2D eigenvalue weighted by atomic mass is 9.90. The minimum absolute atomic E-state index is 0.0103. The van der Waals surface area contributed by atoms with Gasteiger partial charge in [-0.25, -0.2) is 0 Å². The minimum Gasteiger partial charge on any atom is -0.507 e. The fourth-order valence-corrected chi connectivity index (χ4v) is 5.69. The summed E-state index contributed by atoms with van der Waals surface area (Å²) in [5, 5.41) is 73.6. The normalized spacial score (nSPS) is 12.4. The zero-order chi connectivity index (χ0) is 31.8. The first-order valence-corrected chi connectivity index (χ1v) is 13.3. The van der Waals surface area contributed by atoms with Crippen LogP contribution in [0.5, 0.6) is 34.5 Å². The van der Waals surface area contributed by atoms with E-state index in [0.29, 0.717) is 0 Å². The van der Waals surface area contributed by atoms with E-state index < -0.39 is 51.5 Å². The van der Waals surface area contributed by atoms with Crippen molar-refractivity contribution < 1.29 is 49.4 Å². The minimum atomic E-state index is -0.885.